The van der Waals surface area contributed by atoms with Gasteiger partial charge in [-0.3, -0.25) is 9.59 Å². The summed E-state index contributed by atoms with van der Waals surface area (Å²) >= 11 is 0. The monoisotopic (exact) mass is 466 g/mol. The van der Waals surface area contributed by atoms with Crippen LogP contribution in [0.1, 0.15) is 63.0 Å². The van der Waals surface area contributed by atoms with Gasteiger partial charge in [-0.05, 0) is 34.6 Å². The number of rotatable bonds is 12. The van der Waals surface area contributed by atoms with E-state index in [-0.39, 0.29) is 43.2 Å². The smallest absolute Gasteiger partial charge is 0.407 e. The van der Waals surface area contributed by atoms with Crippen molar-refractivity contribution in [1.82, 2.24) is 10.6 Å². The lowest BCUT2D eigenvalue weighted by molar-refractivity contribution is -0.138. The lowest BCUT2D eigenvalue weighted by Crippen LogP contribution is -2.40. The Hall–Kier alpha value is -3.35. The molecule has 0 bridgehead atoms. The van der Waals surface area contributed by atoms with Crippen LogP contribution in [0.4, 0.5) is 4.79 Å². The van der Waals surface area contributed by atoms with Gasteiger partial charge in [0.15, 0.2) is 0 Å². The summed E-state index contributed by atoms with van der Waals surface area (Å²) in [5, 5.41) is 14.6. The van der Waals surface area contributed by atoms with Crippen LogP contribution in [0.15, 0.2) is 48.5 Å². The number of carbonyl (C=O) groups excluding carboxylic acids is 2. The molecular weight excluding hydrogens is 432 g/mol. The molecule has 2 aromatic carbocycles. The van der Waals surface area contributed by atoms with Crippen molar-refractivity contribution in [1.29, 1.82) is 0 Å². The molecule has 1 aliphatic carbocycles. The van der Waals surface area contributed by atoms with Crippen LogP contribution in [0, 0.1) is 5.92 Å². The van der Waals surface area contributed by atoms with Crippen molar-refractivity contribution in [2.45, 2.75) is 57.9 Å². The van der Waals surface area contributed by atoms with E-state index in [1.165, 1.54) is 11.1 Å². The molecule has 0 heterocycles. The summed E-state index contributed by atoms with van der Waals surface area (Å²) < 4.78 is 5.61. The summed E-state index contributed by atoms with van der Waals surface area (Å²) in [6, 6.07) is 16.0. The molecule has 7 nitrogen and oxygen atoms in total. The molecule has 3 rings (SSSR count). The predicted octanol–water partition coefficient (Wildman–Crippen LogP) is 4.70. The molecule has 0 spiro atoms. The van der Waals surface area contributed by atoms with Crippen molar-refractivity contribution in [3.05, 3.63) is 59.7 Å². The highest BCUT2D eigenvalue weighted by molar-refractivity contribution is 5.79. The van der Waals surface area contributed by atoms with Crippen LogP contribution >= 0.6 is 0 Å². The third kappa shape index (κ3) is 6.59. The van der Waals surface area contributed by atoms with E-state index in [0.29, 0.717) is 19.4 Å². The number of aliphatic carboxylic acids is 1. The molecule has 0 radical (unpaired) electrons. The molecule has 1 aliphatic rings. The van der Waals surface area contributed by atoms with Crippen LogP contribution < -0.4 is 10.6 Å². The van der Waals surface area contributed by atoms with E-state index < -0.39 is 12.1 Å². The van der Waals surface area contributed by atoms with Crippen molar-refractivity contribution in [3.63, 3.8) is 0 Å². The van der Waals surface area contributed by atoms with Gasteiger partial charge in [0.25, 0.3) is 0 Å². The van der Waals surface area contributed by atoms with Crippen molar-refractivity contribution in [2.75, 3.05) is 13.2 Å². The highest BCUT2D eigenvalue weighted by Gasteiger charge is 2.29. The zero-order chi connectivity index (χ0) is 24.5. The number of amides is 2. The minimum absolute atomic E-state index is 0.0210. The number of nitrogens with one attached hydrogen (secondary N) is 2. The minimum Gasteiger partial charge on any atom is -0.481 e. The molecule has 2 unspecified atom stereocenters. The largest absolute Gasteiger partial charge is 0.481 e. The second kappa shape index (κ2) is 12.2. The second-order valence-electron chi connectivity index (χ2n) is 8.84. The summed E-state index contributed by atoms with van der Waals surface area (Å²) in [4.78, 5) is 35.9. The number of ether oxygens (including phenoxy) is 1. The summed E-state index contributed by atoms with van der Waals surface area (Å²) in [5.74, 6) is -1.21. The first-order valence-corrected chi connectivity index (χ1v) is 12.0. The molecule has 0 saturated carbocycles. The number of carbonyl (C=O) groups is 3. The maximum Gasteiger partial charge on any atom is 0.407 e. The third-order valence-corrected chi connectivity index (χ3v) is 6.36. The van der Waals surface area contributed by atoms with Crippen LogP contribution in [0.5, 0.6) is 0 Å². The van der Waals surface area contributed by atoms with Gasteiger partial charge in [-0.1, -0.05) is 75.2 Å². The highest BCUT2D eigenvalue weighted by Crippen LogP contribution is 2.44. The lowest BCUT2D eigenvalue weighted by atomic mass is 9.98. The number of alkyl carbamates (subject to hydrolysis) is 1. The Kier molecular flexibility index (Phi) is 9.08. The third-order valence-electron chi connectivity index (χ3n) is 6.36. The molecule has 0 saturated heterocycles. The van der Waals surface area contributed by atoms with Gasteiger partial charge in [-0.2, -0.15) is 0 Å². The van der Waals surface area contributed by atoms with E-state index in [1.807, 2.05) is 38.1 Å². The van der Waals surface area contributed by atoms with Gasteiger partial charge in [0.2, 0.25) is 5.91 Å². The van der Waals surface area contributed by atoms with Gasteiger partial charge in [0.05, 0.1) is 0 Å². The maximum absolute atomic E-state index is 12.6. The molecule has 2 atom stereocenters. The number of benzene rings is 2. The molecule has 182 valence electrons. The SMILES string of the molecule is CCCC(CC(=O)NCC(CC)CC(=O)O)NC(=O)OCC1c2ccccc2-c2ccccc21. The lowest BCUT2D eigenvalue weighted by Gasteiger charge is -2.20. The first-order chi connectivity index (χ1) is 16.4. The highest BCUT2D eigenvalue weighted by atomic mass is 16.5. The normalized spacial score (nSPS) is 13.9. The fourth-order valence-corrected chi connectivity index (χ4v) is 4.54. The molecule has 7 heteroatoms. The van der Waals surface area contributed by atoms with Gasteiger partial charge in [-0.25, -0.2) is 4.79 Å². The Balaban J connectivity index is 1.53. The number of hydrogen-bond acceptors (Lipinski definition) is 4. The fourth-order valence-electron chi connectivity index (χ4n) is 4.54. The molecule has 0 aliphatic heterocycles. The molecule has 34 heavy (non-hydrogen) atoms. The topological polar surface area (TPSA) is 105 Å². The van der Waals surface area contributed by atoms with E-state index in [9.17, 15) is 14.4 Å². The van der Waals surface area contributed by atoms with E-state index >= 15 is 0 Å². The number of hydrogen-bond donors (Lipinski definition) is 3. The molecule has 2 aromatic rings. The molecule has 0 aromatic heterocycles. The Bertz CT molecular complexity index is 961. The second-order valence-corrected chi connectivity index (χ2v) is 8.84. The van der Waals surface area contributed by atoms with E-state index in [4.69, 9.17) is 9.84 Å². The molecule has 3 N–H and O–H groups in total. The first-order valence-electron chi connectivity index (χ1n) is 12.0. The van der Waals surface area contributed by atoms with Crippen molar-refractivity contribution >= 4 is 18.0 Å². The summed E-state index contributed by atoms with van der Waals surface area (Å²) in [7, 11) is 0. The standard InChI is InChI=1S/C27H34N2O5/c1-3-9-19(15-25(30)28-16-18(4-2)14-26(31)32)29-27(33)34-17-24-22-12-7-5-10-20(22)21-11-6-8-13-23(21)24/h5-8,10-13,18-19,24H,3-4,9,14-17H2,1-2H3,(H,28,30)(H,29,33)(H,31,32). The molecule has 2 amide bonds. The van der Waals surface area contributed by atoms with Gasteiger partial charge in [-0.15, -0.1) is 0 Å². The minimum atomic E-state index is -0.873. The Morgan fingerprint density at radius 1 is 0.971 bits per heavy atom. The van der Waals surface area contributed by atoms with Gasteiger partial charge >= 0.3 is 12.1 Å². The fraction of sp³-hybridized carbons (Fsp3) is 0.444. The van der Waals surface area contributed by atoms with Crippen LogP contribution in [0.25, 0.3) is 11.1 Å². The number of carboxylic acids is 1. The summed E-state index contributed by atoms with van der Waals surface area (Å²) in [5.41, 5.74) is 4.63. The van der Waals surface area contributed by atoms with E-state index in [2.05, 4.69) is 34.9 Å². The van der Waals surface area contributed by atoms with Crippen LogP contribution in [0.2, 0.25) is 0 Å². The van der Waals surface area contributed by atoms with Crippen molar-refractivity contribution in [2.24, 2.45) is 5.92 Å². The Morgan fingerprint density at radius 3 is 2.15 bits per heavy atom. The molecule has 0 fully saturated rings. The van der Waals surface area contributed by atoms with Crippen molar-refractivity contribution in [3.8, 4) is 11.1 Å². The number of carboxylic acid groups (broad SMARTS) is 1. The predicted molar refractivity (Wildman–Crippen MR) is 131 cm³/mol. The van der Waals surface area contributed by atoms with Gasteiger partial charge in [0.1, 0.15) is 6.61 Å². The van der Waals surface area contributed by atoms with E-state index in [1.54, 1.807) is 0 Å². The summed E-state index contributed by atoms with van der Waals surface area (Å²) in [6.07, 6.45) is 1.73. The maximum atomic E-state index is 12.6. The van der Waals surface area contributed by atoms with Crippen LogP contribution in [-0.4, -0.2) is 42.3 Å². The Labute approximate surface area is 200 Å². The van der Waals surface area contributed by atoms with Crippen molar-refractivity contribution < 1.29 is 24.2 Å². The van der Waals surface area contributed by atoms with Gasteiger partial charge < -0.3 is 20.5 Å². The average Bonchev–Trinajstić information content (AvgIpc) is 3.14. The average molecular weight is 467 g/mol. The van der Waals surface area contributed by atoms with Crippen LogP contribution in [0.3, 0.4) is 0 Å². The number of fused-ring (bicyclic) bond motifs is 3. The first kappa shape index (κ1) is 25.3. The Morgan fingerprint density at radius 2 is 1.59 bits per heavy atom. The zero-order valence-corrected chi connectivity index (χ0v) is 19.9. The quantitative estimate of drug-likeness (QED) is 0.421. The summed E-state index contributed by atoms with van der Waals surface area (Å²) in [6.45, 7) is 4.42. The van der Waals surface area contributed by atoms with Crippen LogP contribution in [-0.2, 0) is 14.3 Å². The van der Waals surface area contributed by atoms with Gasteiger partial charge in [0, 0.05) is 31.3 Å². The molecular formula is C27H34N2O5. The zero-order valence-electron chi connectivity index (χ0n) is 19.9. The van der Waals surface area contributed by atoms with E-state index in [0.717, 1.165) is 17.5 Å².